The summed E-state index contributed by atoms with van der Waals surface area (Å²) in [5.74, 6) is -1.23. The van der Waals surface area contributed by atoms with E-state index in [4.69, 9.17) is 0 Å². The molecule has 1 aromatic rings. The first-order valence-electron chi connectivity index (χ1n) is 7.04. The minimum absolute atomic E-state index is 0.0147. The van der Waals surface area contributed by atoms with Gasteiger partial charge in [0.1, 0.15) is 11.4 Å². The molecule has 2 aliphatic heterocycles. The summed E-state index contributed by atoms with van der Waals surface area (Å²) < 4.78 is 13.3. The van der Waals surface area contributed by atoms with Gasteiger partial charge in [0.2, 0.25) is 0 Å². The van der Waals surface area contributed by atoms with E-state index in [1.807, 2.05) is 0 Å². The van der Waals surface area contributed by atoms with Gasteiger partial charge in [0.05, 0.1) is 4.92 Å². The van der Waals surface area contributed by atoms with Gasteiger partial charge in [-0.25, -0.2) is 4.39 Å². The monoisotopic (exact) mass is 293 g/mol. The molecule has 2 atom stereocenters. The molecule has 0 saturated carbocycles. The van der Waals surface area contributed by atoms with Crippen molar-refractivity contribution in [3.63, 3.8) is 0 Å². The highest BCUT2D eigenvalue weighted by Crippen LogP contribution is 2.27. The third-order valence-electron chi connectivity index (χ3n) is 4.21. The normalized spacial score (nSPS) is 27.4. The summed E-state index contributed by atoms with van der Waals surface area (Å²) in [5.41, 5.74) is -0.586. The number of benzene rings is 1. The van der Waals surface area contributed by atoms with Crippen molar-refractivity contribution in [1.82, 2.24) is 10.6 Å². The lowest BCUT2D eigenvalue weighted by Gasteiger charge is -2.29. The van der Waals surface area contributed by atoms with Crippen LogP contribution in [0.4, 0.5) is 10.1 Å². The van der Waals surface area contributed by atoms with Crippen molar-refractivity contribution in [2.45, 2.75) is 43.8 Å². The number of amides is 1. The van der Waals surface area contributed by atoms with Crippen LogP contribution in [0.15, 0.2) is 18.2 Å². The van der Waals surface area contributed by atoms with E-state index in [2.05, 4.69) is 10.6 Å². The smallest absolute Gasteiger partial charge is 0.282 e. The number of fused-ring (bicyclic) bond motifs is 2. The van der Waals surface area contributed by atoms with Crippen LogP contribution in [0, 0.1) is 15.9 Å². The molecule has 7 heteroatoms. The molecule has 2 fully saturated rings. The maximum absolute atomic E-state index is 13.3. The second kappa shape index (κ2) is 5.40. The van der Waals surface area contributed by atoms with E-state index in [9.17, 15) is 19.3 Å². The van der Waals surface area contributed by atoms with E-state index in [1.165, 1.54) is 0 Å². The highest BCUT2D eigenvalue weighted by atomic mass is 19.1. The molecule has 3 rings (SSSR count). The molecule has 1 amide bonds. The first kappa shape index (κ1) is 13.9. The Morgan fingerprint density at radius 2 is 2.00 bits per heavy atom. The fraction of sp³-hybridized carbons (Fsp3) is 0.500. The molecular formula is C14H16FN3O3. The molecule has 0 aliphatic carbocycles. The molecule has 2 bridgehead atoms. The Hall–Kier alpha value is -2.02. The number of nitrogens with zero attached hydrogens (tertiary/aromatic N) is 1. The van der Waals surface area contributed by atoms with Gasteiger partial charge in [-0.2, -0.15) is 0 Å². The Kier molecular flexibility index (Phi) is 3.59. The zero-order valence-electron chi connectivity index (χ0n) is 11.3. The highest BCUT2D eigenvalue weighted by Gasteiger charge is 2.34. The van der Waals surface area contributed by atoms with Crippen molar-refractivity contribution in [2.75, 3.05) is 0 Å². The number of nitro groups is 1. The summed E-state index contributed by atoms with van der Waals surface area (Å²) >= 11 is 0. The van der Waals surface area contributed by atoms with Crippen LogP contribution in [-0.4, -0.2) is 29.0 Å². The van der Waals surface area contributed by atoms with Crippen molar-refractivity contribution >= 4 is 11.6 Å². The van der Waals surface area contributed by atoms with Crippen LogP contribution in [0.5, 0.6) is 0 Å². The fourth-order valence-corrected chi connectivity index (χ4v) is 3.29. The molecule has 6 nitrogen and oxygen atoms in total. The Bertz CT molecular complexity index is 581. The summed E-state index contributed by atoms with van der Waals surface area (Å²) in [6.45, 7) is 0. The third kappa shape index (κ3) is 2.87. The van der Waals surface area contributed by atoms with E-state index in [0.717, 1.165) is 43.9 Å². The Balaban J connectivity index is 1.76. The lowest BCUT2D eigenvalue weighted by Crippen LogP contribution is -2.48. The van der Waals surface area contributed by atoms with Crippen LogP contribution in [0.3, 0.4) is 0 Å². The molecule has 112 valence electrons. The van der Waals surface area contributed by atoms with Gasteiger partial charge in [0.15, 0.2) is 0 Å². The number of nitrogens with one attached hydrogen (secondary N) is 2. The molecule has 0 spiro atoms. The van der Waals surface area contributed by atoms with Gasteiger partial charge in [0.25, 0.3) is 11.6 Å². The van der Waals surface area contributed by atoms with E-state index >= 15 is 0 Å². The third-order valence-corrected chi connectivity index (χ3v) is 4.21. The maximum atomic E-state index is 13.3. The topological polar surface area (TPSA) is 84.3 Å². The van der Waals surface area contributed by atoms with Crippen molar-refractivity contribution in [3.05, 3.63) is 39.7 Å². The number of halogens is 1. The fourth-order valence-electron chi connectivity index (χ4n) is 3.29. The molecule has 0 radical (unpaired) electrons. The molecule has 2 unspecified atom stereocenters. The van der Waals surface area contributed by atoms with Gasteiger partial charge in [-0.05, 0) is 37.8 Å². The summed E-state index contributed by atoms with van der Waals surface area (Å²) in [4.78, 5) is 22.5. The number of nitro benzene ring substituents is 1. The number of piperidine rings is 1. The van der Waals surface area contributed by atoms with Crippen LogP contribution in [0.2, 0.25) is 0 Å². The van der Waals surface area contributed by atoms with Gasteiger partial charge >= 0.3 is 0 Å². The van der Waals surface area contributed by atoms with Gasteiger partial charge in [-0.15, -0.1) is 0 Å². The van der Waals surface area contributed by atoms with Gasteiger partial charge in [-0.3, -0.25) is 14.9 Å². The Morgan fingerprint density at radius 3 is 2.62 bits per heavy atom. The largest absolute Gasteiger partial charge is 0.349 e. The molecule has 2 saturated heterocycles. The number of hydrogen-bond donors (Lipinski definition) is 2. The first-order chi connectivity index (χ1) is 10.0. The van der Waals surface area contributed by atoms with Crippen molar-refractivity contribution in [2.24, 2.45) is 0 Å². The lowest BCUT2D eigenvalue weighted by molar-refractivity contribution is -0.385. The average Bonchev–Trinajstić information content (AvgIpc) is 2.77. The van der Waals surface area contributed by atoms with Gasteiger partial charge in [0, 0.05) is 24.2 Å². The zero-order chi connectivity index (χ0) is 15.0. The second-order valence-electron chi connectivity index (χ2n) is 5.70. The molecule has 2 aliphatic rings. The first-order valence-corrected chi connectivity index (χ1v) is 7.04. The van der Waals surface area contributed by atoms with E-state index in [0.29, 0.717) is 12.1 Å². The highest BCUT2D eigenvalue weighted by molar-refractivity contribution is 5.98. The second-order valence-corrected chi connectivity index (χ2v) is 5.70. The zero-order valence-corrected chi connectivity index (χ0v) is 11.3. The van der Waals surface area contributed by atoms with Crippen molar-refractivity contribution in [3.8, 4) is 0 Å². The summed E-state index contributed by atoms with van der Waals surface area (Å²) in [6, 6.07) is 3.71. The van der Waals surface area contributed by atoms with Crippen LogP contribution >= 0.6 is 0 Å². The van der Waals surface area contributed by atoms with E-state index < -0.39 is 16.6 Å². The van der Waals surface area contributed by atoms with Crippen LogP contribution in [0.25, 0.3) is 0 Å². The van der Waals surface area contributed by atoms with Gasteiger partial charge in [-0.1, -0.05) is 0 Å². The lowest BCUT2D eigenvalue weighted by atomic mass is 9.99. The summed E-state index contributed by atoms with van der Waals surface area (Å²) in [7, 11) is 0. The minimum Gasteiger partial charge on any atom is -0.349 e. The minimum atomic E-state index is -0.666. The number of carbonyl (C=O) groups is 1. The SMILES string of the molecule is O=C(NC1CC2CCC(C1)N2)c1cc(F)ccc1[N+](=O)[O-]. The molecule has 2 heterocycles. The van der Waals surface area contributed by atoms with Crippen LogP contribution in [-0.2, 0) is 0 Å². The van der Waals surface area contributed by atoms with Crippen LogP contribution < -0.4 is 10.6 Å². The van der Waals surface area contributed by atoms with Gasteiger partial charge < -0.3 is 10.6 Å². The summed E-state index contributed by atoms with van der Waals surface area (Å²) in [5, 5.41) is 17.2. The Morgan fingerprint density at radius 1 is 1.33 bits per heavy atom. The molecular weight excluding hydrogens is 277 g/mol. The molecule has 1 aromatic carbocycles. The standard InChI is InChI=1S/C14H16FN3O3/c15-8-1-4-13(18(20)21)12(5-8)14(19)17-11-6-9-2-3-10(7-11)16-9/h1,4-5,9-11,16H,2-3,6-7H2,(H,17,19). The van der Waals surface area contributed by atoms with Crippen LogP contribution in [0.1, 0.15) is 36.0 Å². The number of rotatable bonds is 3. The van der Waals surface area contributed by atoms with E-state index in [1.54, 1.807) is 0 Å². The summed E-state index contributed by atoms with van der Waals surface area (Å²) in [6.07, 6.45) is 3.81. The number of carbonyl (C=O) groups excluding carboxylic acids is 1. The predicted octanol–water partition coefficient (Wildman–Crippen LogP) is 1.75. The van der Waals surface area contributed by atoms with Crippen molar-refractivity contribution < 1.29 is 14.1 Å². The van der Waals surface area contributed by atoms with Crippen molar-refractivity contribution in [1.29, 1.82) is 0 Å². The molecule has 2 N–H and O–H groups in total. The van der Waals surface area contributed by atoms with E-state index in [-0.39, 0.29) is 17.3 Å². The quantitative estimate of drug-likeness (QED) is 0.657. The maximum Gasteiger partial charge on any atom is 0.282 e. The Labute approximate surface area is 120 Å². The number of hydrogen-bond acceptors (Lipinski definition) is 4. The predicted molar refractivity (Wildman–Crippen MR) is 73.5 cm³/mol. The molecule has 0 aromatic heterocycles. The average molecular weight is 293 g/mol. The molecule has 21 heavy (non-hydrogen) atoms.